The number of benzene rings is 2. The Morgan fingerprint density at radius 3 is 2.46 bits per heavy atom. The third-order valence-corrected chi connectivity index (χ3v) is 4.39. The number of fused-ring (bicyclic) bond motifs is 1. The Morgan fingerprint density at radius 1 is 1.12 bits per heavy atom. The number of phenolic OH excluding ortho intramolecular Hbond substituents is 1. The van der Waals surface area contributed by atoms with E-state index in [1.165, 1.54) is 0 Å². The smallest absolute Gasteiger partial charge is 0.203 e. The normalized spacial score (nSPS) is 16.0. The minimum atomic E-state index is -0.0726. The maximum atomic E-state index is 9.79. The first-order valence-electron chi connectivity index (χ1n) is 7.72. The van der Waals surface area contributed by atoms with Crippen LogP contribution in [0, 0.1) is 0 Å². The molecule has 1 heterocycles. The summed E-state index contributed by atoms with van der Waals surface area (Å²) in [5, 5.41) is 9.79. The zero-order chi connectivity index (χ0) is 17.3. The summed E-state index contributed by atoms with van der Waals surface area (Å²) in [7, 11) is 4.81. The van der Waals surface area contributed by atoms with Crippen molar-refractivity contribution in [2.75, 3.05) is 32.8 Å². The third-order valence-electron chi connectivity index (χ3n) is 4.39. The van der Waals surface area contributed by atoms with Crippen LogP contribution in [-0.2, 0) is 6.54 Å². The van der Waals surface area contributed by atoms with Crippen molar-refractivity contribution in [3.05, 3.63) is 41.5 Å². The molecule has 3 N–H and O–H groups in total. The molecular formula is C18H22N2O4. The summed E-state index contributed by atoms with van der Waals surface area (Å²) in [5.74, 6) is 2.06. The first-order valence-corrected chi connectivity index (χ1v) is 7.72. The molecule has 1 atom stereocenters. The van der Waals surface area contributed by atoms with Crippen LogP contribution >= 0.6 is 0 Å². The largest absolute Gasteiger partial charge is 0.508 e. The first kappa shape index (κ1) is 16.3. The molecule has 0 fully saturated rings. The fourth-order valence-electron chi connectivity index (χ4n) is 3.36. The van der Waals surface area contributed by atoms with Gasteiger partial charge in [-0.3, -0.25) is 0 Å². The molecule has 2 aromatic rings. The summed E-state index contributed by atoms with van der Waals surface area (Å²) in [6, 6.07) is 9.04. The molecule has 1 aliphatic heterocycles. The number of hydrogen-bond acceptors (Lipinski definition) is 6. The van der Waals surface area contributed by atoms with E-state index < -0.39 is 0 Å². The highest BCUT2D eigenvalue weighted by molar-refractivity contribution is 5.66. The monoisotopic (exact) mass is 330 g/mol. The first-order chi connectivity index (χ1) is 11.6. The fourth-order valence-corrected chi connectivity index (χ4v) is 3.36. The summed E-state index contributed by atoms with van der Waals surface area (Å²) >= 11 is 0. The molecule has 0 aliphatic carbocycles. The van der Waals surface area contributed by atoms with E-state index in [2.05, 4.69) is 4.90 Å². The van der Waals surface area contributed by atoms with Crippen LogP contribution in [0.1, 0.15) is 17.2 Å². The van der Waals surface area contributed by atoms with Gasteiger partial charge in [-0.25, -0.2) is 0 Å². The Bertz CT molecular complexity index is 748. The van der Waals surface area contributed by atoms with E-state index >= 15 is 0 Å². The Hall–Kier alpha value is -2.60. The highest BCUT2D eigenvalue weighted by Crippen LogP contribution is 2.50. The van der Waals surface area contributed by atoms with Gasteiger partial charge in [-0.1, -0.05) is 6.07 Å². The quantitative estimate of drug-likeness (QED) is 0.877. The molecule has 0 spiro atoms. The average molecular weight is 330 g/mol. The molecule has 128 valence electrons. The van der Waals surface area contributed by atoms with Gasteiger partial charge in [0.25, 0.3) is 0 Å². The van der Waals surface area contributed by atoms with Crippen LogP contribution < -0.4 is 24.8 Å². The Morgan fingerprint density at radius 2 is 1.88 bits per heavy atom. The van der Waals surface area contributed by atoms with Crippen LogP contribution in [-0.4, -0.2) is 33.0 Å². The zero-order valence-corrected chi connectivity index (χ0v) is 14.1. The van der Waals surface area contributed by atoms with Gasteiger partial charge < -0.3 is 30.0 Å². The van der Waals surface area contributed by atoms with Gasteiger partial charge in [0.15, 0.2) is 11.5 Å². The standard InChI is InChI=1S/C18H22N2O4/c1-22-15-7-11-10-20(12-5-4-6-13(21)8-12)14(9-19)16(11)18(24-3)17(15)23-2/h4-8,14,21H,9-10,19H2,1-3H3. The number of methoxy groups -OCH3 is 3. The fraction of sp³-hybridized carbons (Fsp3) is 0.333. The lowest BCUT2D eigenvalue weighted by atomic mass is 10.0. The molecule has 24 heavy (non-hydrogen) atoms. The zero-order valence-electron chi connectivity index (χ0n) is 14.1. The van der Waals surface area contributed by atoms with E-state index in [4.69, 9.17) is 19.9 Å². The molecule has 6 nitrogen and oxygen atoms in total. The second-order valence-corrected chi connectivity index (χ2v) is 5.62. The Labute approximate surface area is 141 Å². The Balaban J connectivity index is 2.14. The van der Waals surface area contributed by atoms with Crippen LogP contribution in [0.25, 0.3) is 0 Å². The van der Waals surface area contributed by atoms with Crippen molar-refractivity contribution in [3.8, 4) is 23.0 Å². The molecule has 0 bridgehead atoms. The molecule has 0 aromatic heterocycles. The Kier molecular flexibility index (Phi) is 4.40. The predicted octanol–water partition coefficient (Wildman–Crippen LogP) is 2.44. The van der Waals surface area contributed by atoms with Crippen molar-refractivity contribution in [2.45, 2.75) is 12.6 Å². The number of phenols is 1. The van der Waals surface area contributed by atoms with Crippen molar-refractivity contribution < 1.29 is 19.3 Å². The average Bonchev–Trinajstić information content (AvgIpc) is 2.98. The summed E-state index contributed by atoms with van der Waals surface area (Å²) in [4.78, 5) is 2.14. The predicted molar refractivity (Wildman–Crippen MR) is 92.2 cm³/mol. The van der Waals surface area contributed by atoms with E-state index in [9.17, 15) is 5.11 Å². The number of anilines is 1. The third kappa shape index (κ3) is 2.49. The molecule has 0 radical (unpaired) electrons. The number of aromatic hydroxyl groups is 1. The van der Waals surface area contributed by atoms with E-state index in [0.29, 0.717) is 30.3 Å². The van der Waals surface area contributed by atoms with Crippen LogP contribution in [0.2, 0.25) is 0 Å². The molecule has 1 aliphatic rings. The van der Waals surface area contributed by atoms with Gasteiger partial charge >= 0.3 is 0 Å². The number of ether oxygens (including phenoxy) is 3. The molecule has 0 saturated heterocycles. The molecule has 0 amide bonds. The summed E-state index contributed by atoms with van der Waals surface area (Å²) in [5.41, 5.74) is 9.05. The lowest BCUT2D eigenvalue weighted by molar-refractivity contribution is 0.321. The van der Waals surface area contributed by atoms with Gasteiger partial charge in [-0.05, 0) is 23.8 Å². The molecule has 6 heteroatoms. The number of nitrogens with zero attached hydrogens (tertiary/aromatic N) is 1. The van der Waals surface area contributed by atoms with E-state index in [1.54, 1.807) is 33.5 Å². The van der Waals surface area contributed by atoms with Gasteiger partial charge in [0.05, 0.1) is 27.4 Å². The maximum Gasteiger partial charge on any atom is 0.203 e. The van der Waals surface area contributed by atoms with Gasteiger partial charge in [-0.2, -0.15) is 0 Å². The topological polar surface area (TPSA) is 77.2 Å². The van der Waals surface area contributed by atoms with Crippen LogP contribution in [0.3, 0.4) is 0 Å². The van der Waals surface area contributed by atoms with Gasteiger partial charge in [0.1, 0.15) is 5.75 Å². The SMILES string of the molecule is COc1cc2c(c(OC)c1OC)C(CN)N(c1cccc(O)c1)C2. The van der Waals surface area contributed by atoms with Gasteiger partial charge in [0.2, 0.25) is 5.75 Å². The van der Waals surface area contributed by atoms with Crippen molar-refractivity contribution in [3.63, 3.8) is 0 Å². The number of hydrogen-bond donors (Lipinski definition) is 2. The van der Waals surface area contributed by atoms with Crippen LogP contribution in [0.15, 0.2) is 30.3 Å². The van der Waals surface area contributed by atoms with Gasteiger partial charge in [-0.15, -0.1) is 0 Å². The van der Waals surface area contributed by atoms with Crippen LogP contribution in [0.5, 0.6) is 23.0 Å². The summed E-state index contributed by atoms with van der Waals surface area (Å²) in [6.07, 6.45) is 0. The lowest BCUT2D eigenvalue weighted by Crippen LogP contribution is -2.27. The number of nitrogens with two attached hydrogens (primary N) is 1. The van der Waals surface area contributed by atoms with Crippen molar-refractivity contribution in [1.29, 1.82) is 0 Å². The van der Waals surface area contributed by atoms with Crippen molar-refractivity contribution in [1.82, 2.24) is 0 Å². The molecule has 0 saturated carbocycles. The van der Waals surface area contributed by atoms with Gasteiger partial charge in [0, 0.05) is 30.4 Å². The summed E-state index contributed by atoms with van der Waals surface area (Å²) < 4.78 is 16.6. The van der Waals surface area contributed by atoms with Crippen LogP contribution in [0.4, 0.5) is 5.69 Å². The van der Waals surface area contributed by atoms with Crippen molar-refractivity contribution >= 4 is 5.69 Å². The second-order valence-electron chi connectivity index (χ2n) is 5.62. The summed E-state index contributed by atoms with van der Waals surface area (Å²) in [6.45, 7) is 1.06. The minimum absolute atomic E-state index is 0.0726. The van der Waals surface area contributed by atoms with Crippen molar-refractivity contribution in [2.24, 2.45) is 5.73 Å². The van der Waals surface area contributed by atoms with E-state index in [1.807, 2.05) is 18.2 Å². The number of rotatable bonds is 5. The van der Waals surface area contributed by atoms with E-state index in [-0.39, 0.29) is 11.8 Å². The minimum Gasteiger partial charge on any atom is -0.508 e. The molecule has 1 unspecified atom stereocenters. The second kappa shape index (κ2) is 6.49. The molecule has 2 aromatic carbocycles. The molecule has 3 rings (SSSR count). The highest BCUT2D eigenvalue weighted by Gasteiger charge is 2.35. The maximum absolute atomic E-state index is 9.79. The highest BCUT2D eigenvalue weighted by atomic mass is 16.5. The van der Waals surface area contributed by atoms with E-state index in [0.717, 1.165) is 16.8 Å². The molecular weight excluding hydrogens is 308 g/mol. The lowest BCUT2D eigenvalue weighted by Gasteiger charge is -2.27.